The molecule has 0 saturated carbocycles. The highest BCUT2D eigenvalue weighted by molar-refractivity contribution is 6.02. The average molecular weight is 309 g/mol. The maximum Gasteiger partial charge on any atom is 0.244 e. The number of Topliss-reactive ketones (excluding diaryl/α,β-unsaturated/α-hetero) is 1. The third-order valence-electron chi connectivity index (χ3n) is 2.98. The number of carboxylic acid groups (broad SMARTS) is 1. The summed E-state index contributed by atoms with van der Waals surface area (Å²) in [6, 6.07) is 8.26. The van der Waals surface area contributed by atoms with Gasteiger partial charge in [0, 0.05) is 25.4 Å². The Labute approximate surface area is 130 Å². The summed E-state index contributed by atoms with van der Waals surface area (Å²) in [6.45, 7) is 5.04. The smallest absolute Gasteiger partial charge is 0.244 e. The summed E-state index contributed by atoms with van der Waals surface area (Å²) in [5.74, 6) is -4.45. The lowest BCUT2D eigenvalue weighted by atomic mass is 9.99. The summed E-state index contributed by atoms with van der Waals surface area (Å²) in [5.41, 5.74) is 0.311. The summed E-state index contributed by atoms with van der Waals surface area (Å²) >= 11 is 0. The minimum Gasteiger partial charge on any atom is -0.544 e. The van der Waals surface area contributed by atoms with E-state index in [2.05, 4.69) is 0 Å². The van der Waals surface area contributed by atoms with Crippen LogP contribution < -0.4 is 5.11 Å². The van der Waals surface area contributed by atoms with Gasteiger partial charge < -0.3 is 24.1 Å². The highest BCUT2D eigenvalue weighted by Gasteiger charge is 2.48. The fourth-order valence-electron chi connectivity index (χ4n) is 2.13. The molecule has 0 heterocycles. The van der Waals surface area contributed by atoms with Gasteiger partial charge in [0.1, 0.15) is 5.97 Å². The molecule has 6 nitrogen and oxygen atoms in total. The van der Waals surface area contributed by atoms with Gasteiger partial charge in [0.2, 0.25) is 5.79 Å². The molecule has 0 aromatic heterocycles. The lowest BCUT2D eigenvalue weighted by Crippen LogP contribution is -2.63. The van der Waals surface area contributed by atoms with E-state index in [-0.39, 0.29) is 19.8 Å². The molecule has 1 atom stereocenters. The van der Waals surface area contributed by atoms with Gasteiger partial charge in [0.15, 0.2) is 11.9 Å². The molecule has 0 aliphatic carbocycles. The van der Waals surface area contributed by atoms with E-state index in [9.17, 15) is 14.7 Å². The molecule has 0 aliphatic heterocycles. The number of benzene rings is 1. The van der Waals surface area contributed by atoms with E-state index in [1.54, 1.807) is 51.1 Å². The van der Waals surface area contributed by atoms with E-state index < -0.39 is 23.6 Å². The minimum atomic E-state index is -2.27. The molecule has 0 spiro atoms. The highest BCUT2D eigenvalue weighted by atomic mass is 16.7. The molecule has 0 aliphatic rings. The second-order valence-electron chi connectivity index (χ2n) is 4.39. The van der Waals surface area contributed by atoms with E-state index in [1.165, 1.54) is 0 Å². The third-order valence-corrected chi connectivity index (χ3v) is 2.98. The van der Waals surface area contributed by atoms with E-state index in [0.717, 1.165) is 0 Å². The Bertz CT molecular complexity index is 479. The molecule has 1 rings (SSSR count). The van der Waals surface area contributed by atoms with Crippen LogP contribution in [0, 0.1) is 0 Å². The highest BCUT2D eigenvalue weighted by Crippen LogP contribution is 2.24. The standard InChI is InChI=1S/C16H22O6/c1-4-20-14(13(17)12-10-8-7-9-11-12)16(15(18)19,21-5-2)22-6-3/h7-11,14H,4-6H2,1-3H3,(H,18,19)/p-1. The lowest BCUT2D eigenvalue weighted by Gasteiger charge is -2.39. The van der Waals surface area contributed by atoms with E-state index in [4.69, 9.17) is 14.2 Å². The first kappa shape index (κ1) is 18.3. The summed E-state index contributed by atoms with van der Waals surface area (Å²) in [4.78, 5) is 24.3. The van der Waals surface area contributed by atoms with Gasteiger partial charge in [-0.05, 0) is 20.8 Å². The number of ketones is 1. The number of rotatable bonds is 10. The van der Waals surface area contributed by atoms with Crippen molar-refractivity contribution in [1.82, 2.24) is 0 Å². The van der Waals surface area contributed by atoms with Gasteiger partial charge in [-0.15, -0.1) is 0 Å². The van der Waals surface area contributed by atoms with Gasteiger partial charge >= 0.3 is 0 Å². The summed E-state index contributed by atoms with van der Waals surface area (Å²) in [6.07, 6.45) is -1.45. The van der Waals surface area contributed by atoms with Gasteiger partial charge in [-0.25, -0.2) is 0 Å². The number of carboxylic acids is 1. The molecule has 0 N–H and O–H groups in total. The van der Waals surface area contributed by atoms with Crippen molar-refractivity contribution in [2.45, 2.75) is 32.7 Å². The van der Waals surface area contributed by atoms with Crippen LogP contribution >= 0.6 is 0 Å². The van der Waals surface area contributed by atoms with Gasteiger partial charge in [-0.2, -0.15) is 0 Å². The van der Waals surface area contributed by atoms with Crippen LogP contribution in [0.2, 0.25) is 0 Å². The molecule has 0 radical (unpaired) electrons. The second-order valence-corrected chi connectivity index (χ2v) is 4.39. The molecular weight excluding hydrogens is 288 g/mol. The predicted octanol–water partition coefficient (Wildman–Crippen LogP) is 0.794. The maximum atomic E-state index is 12.7. The van der Waals surface area contributed by atoms with Crippen molar-refractivity contribution >= 4 is 11.8 Å². The summed E-state index contributed by atoms with van der Waals surface area (Å²) < 4.78 is 15.9. The topological polar surface area (TPSA) is 84.9 Å². The number of hydrogen-bond acceptors (Lipinski definition) is 6. The third kappa shape index (κ3) is 3.91. The Kier molecular flexibility index (Phi) is 7.17. The first-order valence-electron chi connectivity index (χ1n) is 7.23. The van der Waals surface area contributed by atoms with Crippen LogP contribution in [0.3, 0.4) is 0 Å². The zero-order valence-corrected chi connectivity index (χ0v) is 13.0. The van der Waals surface area contributed by atoms with E-state index in [0.29, 0.717) is 5.56 Å². The number of ether oxygens (including phenoxy) is 3. The normalized spacial score (nSPS) is 12.9. The SMILES string of the molecule is CCOC(C(=O)c1ccccc1)C(OCC)(OCC)C(=O)[O-]. The summed E-state index contributed by atoms with van der Waals surface area (Å²) in [7, 11) is 0. The lowest BCUT2D eigenvalue weighted by molar-refractivity contribution is -0.369. The van der Waals surface area contributed by atoms with Crippen molar-refractivity contribution in [2.24, 2.45) is 0 Å². The largest absolute Gasteiger partial charge is 0.544 e. The molecule has 1 aromatic carbocycles. The predicted molar refractivity (Wildman–Crippen MR) is 77.2 cm³/mol. The van der Waals surface area contributed by atoms with Crippen molar-refractivity contribution in [2.75, 3.05) is 19.8 Å². The molecular formula is C16H21O6-. The molecule has 0 bridgehead atoms. The van der Waals surface area contributed by atoms with Crippen molar-refractivity contribution < 1.29 is 28.9 Å². The van der Waals surface area contributed by atoms with Crippen molar-refractivity contribution in [3.8, 4) is 0 Å². The minimum absolute atomic E-state index is 0.0274. The van der Waals surface area contributed by atoms with Gasteiger partial charge in [-0.3, -0.25) is 4.79 Å². The molecule has 122 valence electrons. The zero-order chi connectivity index (χ0) is 16.6. The average Bonchev–Trinajstić information content (AvgIpc) is 2.52. The fourth-order valence-corrected chi connectivity index (χ4v) is 2.13. The first-order valence-corrected chi connectivity index (χ1v) is 7.23. The second kappa shape index (κ2) is 8.63. The maximum absolute atomic E-state index is 12.7. The van der Waals surface area contributed by atoms with Crippen LogP contribution in [0.5, 0.6) is 0 Å². The van der Waals surface area contributed by atoms with E-state index >= 15 is 0 Å². The summed E-state index contributed by atoms with van der Waals surface area (Å²) in [5, 5.41) is 11.7. The Hall–Kier alpha value is -1.76. The van der Waals surface area contributed by atoms with Gasteiger partial charge in [-0.1, -0.05) is 30.3 Å². The van der Waals surface area contributed by atoms with Crippen LogP contribution in [-0.4, -0.2) is 43.5 Å². The van der Waals surface area contributed by atoms with Crippen LogP contribution in [-0.2, 0) is 19.0 Å². The molecule has 6 heteroatoms. The molecule has 0 fully saturated rings. The Morgan fingerprint density at radius 2 is 1.59 bits per heavy atom. The Balaban J connectivity index is 3.28. The Morgan fingerprint density at radius 3 is 2.00 bits per heavy atom. The van der Waals surface area contributed by atoms with Crippen LogP contribution in [0.15, 0.2) is 30.3 Å². The number of aliphatic carboxylic acids is 1. The quantitative estimate of drug-likeness (QED) is 0.469. The monoisotopic (exact) mass is 309 g/mol. The number of carbonyl (C=O) groups is 2. The molecule has 1 unspecified atom stereocenters. The fraction of sp³-hybridized carbons (Fsp3) is 0.500. The number of carbonyl (C=O) groups excluding carboxylic acids is 2. The van der Waals surface area contributed by atoms with Gasteiger partial charge in [0.05, 0.1) is 0 Å². The molecule has 0 saturated heterocycles. The first-order chi connectivity index (χ1) is 10.5. The molecule has 0 amide bonds. The van der Waals surface area contributed by atoms with Crippen LogP contribution in [0.25, 0.3) is 0 Å². The van der Waals surface area contributed by atoms with Crippen LogP contribution in [0.1, 0.15) is 31.1 Å². The van der Waals surface area contributed by atoms with E-state index in [1.807, 2.05) is 0 Å². The van der Waals surface area contributed by atoms with Crippen molar-refractivity contribution in [1.29, 1.82) is 0 Å². The Morgan fingerprint density at radius 1 is 1.05 bits per heavy atom. The number of hydrogen-bond donors (Lipinski definition) is 0. The molecule has 1 aromatic rings. The van der Waals surface area contributed by atoms with Crippen LogP contribution in [0.4, 0.5) is 0 Å². The molecule has 22 heavy (non-hydrogen) atoms. The van der Waals surface area contributed by atoms with Crippen molar-refractivity contribution in [3.63, 3.8) is 0 Å². The van der Waals surface area contributed by atoms with Gasteiger partial charge in [0.25, 0.3) is 0 Å². The zero-order valence-electron chi connectivity index (χ0n) is 13.0. The van der Waals surface area contributed by atoms with Crippen molar-refractivity contribution in [3.05, 3.63) is 35.9 Å².